The molecule has 1 aliphatic rings. The Hall–Kier alpha value is -2.18. The second-order valence-electron chi connectivity index (χ2n) is 6.15. The van der Waals surface area contributed by atoms with Gasteiger partial charge in [0.2, 0.25) is 5.82 Å². The highest BCUT2D eigenvalue weighted by Gasteiger charge is 2.65. The third-order valence-electron chi connectivity index (χ3n) is 4.59. The summed E-state index contributed by atoms with van der Waals surface area (Å²) in [5, 5.41) is 23.0. The van der Waals surface area contributed by atoms with Crippen molar-refractivity contribution in [3.63, 3.8) is 0 Å². The molecule has 2 rings (SSSR count). The van der Waals surface area contributed by atoms with E-state index in [-0.39, 0.29) is 34.1 Å². The van der Waals surface area contributed by atoms with Crippen molar-refractivity contribution in [1.29, 1.82) is 0 Å². The zero-order valence-corrected chi connectivity index (χ0v) is 11.8. The van der Waals surface area contributed by atoms with Crippen LogP contribution in [-0.4, -0.2) is 27.0 Å². The fourth-order valence-corrected chi connectivity index (χ4v) is 2.52. The van der Waals surface area contributed by atoms with Crippen LogP contribution in [0.25, 0.3) is 0 Å². The Morgan fingerprint density at radius 3 is 2.30 bits per heavy atom. The van der Waals surface area contributed by atoms with Crippen LogP contribution in [0, 0.1) is 20.9 Å². The minimum atomic E-state index is -1.21. The lowest BCUT2D eigenvalue weighted by Gasteiger charge is -2.08. The van der Waals surface area contributed by atoms with Crippen molar-refractivity contribution in [3.8, 4) is 0 Å². The lowest BCUT2D eigenvalue weighted by molar-refractivity contribution is -0.384. The van der Waals surface area contributed by atoms with Crippen molar-refractivity contribution in [2.45, 2.75) is 33.7 Å². The first kappa shape index (κ1) is 14.2. The number of hydrogen-bond donors (Lipinski definition) is 2. The van der Waals surface area contributed by atoms with E-state index in [1.165, 1.54) is 6.07 Å². The quantitative estimate of drug-likeness (QED) is 0.648. The topological polar surface area (TPSA) is 105 Å². The van der Waals surface area contributed by atoms with Crippen molar-refractivity contribution >= 4 is 17.5 Å². The van der Waals surface area contributed by atoms with Crippen molar-refractivity contribution in [2.75, 3.05) is 5.32 Å². The molecule has 0 saturated heterocycles. The average Bonchev–Trinajstić information content (AvgIpc) is 2.71. The van der Waals surface area contributed by atoms with Crippen LogP contribution < -0.4 is 5.32 Å². The highest BCUT2D eigenvalue weighted by Crippen LogP contribution is 2.63. The molecule has 7 heteroatoms. The number of pyridine rings is 1. The summed E-state index contributed by atoms with van der Waals surface area (Å²) < 4.78 is 0. The minimum absolute atomic E-state index is 0.00486. The van der Waals surface area contributed by atoms with Crippen molar-refractivity contribution in [1.82, 2.24) is 4.98 Å². The Bertz CT molecular complexity index is 581. The molecule has 0 atom stereocenters. The Balaban J connectivity index is 2.37. The summed E-state index contributed by atoms with van der Waals surface area (Å²) in [6.07, 6.45) is 0. The van der Waals surface area contributed by atoms with Crippen LogP contribution in [-0.2, 0) is 0 Å². The molecule has 0 spiro atoms. The molecule has 108 valence electrons. The summed E-state index contributed by atoms with van der Waals surface area (Å²) >= 11 is 0. The summed E-state index contributed by atoms with van der Waals surface area (Å²) in [5.74, 6) is -1.20. The van der Waals surface area contributed by atoms with E-state index in [9.17, 15) is 14.9 Å². The van der Waals surface area contributed by atoms with Gasteiger partial charge in [0.25, 0.3) is 0 Å². The first-order valence-corrected chi connectivity index (χ1v) is 6.24. The van der Waals surface area contributed by atoms with E-state index in [2.05, 4.69) is 38.0 Å². The van der Waals surface area contributed by atoms with Crippen molar-refractivity contribution in [3.05, 3.63) is 27.9 Å². The molecule has 1 fully saturated rings. The van der Waals surface area contributed by atoms with Gasteiger partial charge in [0.1, 0.15) is 0 Å². The summed E-state index contributed by atoms with van der Waals surface area (Å²) in [6, 6.07) is 2.31. The van der Waals surface area contributed by atoms with Gasteiger partial charge in [-0.25, -0.2) is 9.78 Å². The smallest absolute Gasteiger partial charge is 0.354 e. The lowest BCUT2D eigenvalue weighted by Crippen LogP contribution is -2.14. The molecule has 1 aromatic rings. The molecule has 1 aromatic heterocycles. The Morgan fingerprint density at radius 2 is 1.90 bits per heavy atom. The number of aromatic carboxylic acids is 1. The number of nitrogens with one attached hydrogen (secondary N) is 1. The molecular weight excluding hydrogens is 262 g/mol. The molecule has 7 nitrogen and oxygen atoms in total. The third-order valence-corrected chi connectivity index (χ3v) is 4.59. The van der Waals surface area contributed by atoms with Gasteiger partial charge in [-0.05, 0) is 16.9 Å². The summed E-state index contributed by atoms with van der Waals surface area (Å²) in [4.78, 5) is 25.2. The predicted octanol–water partition coefficient (Wildman–Crippen LogP) is 2.53. The zero-order valence-electron chi connectivity index (χ0n) is 11.8. The van der Waals surface area contributed by atoms with E-state index in [1.54, 1.807) is 0 Å². The largest absolute Gasteiger partial charge is 0.477 e. The number of anilines is 1. The predicted molar refractivity (Wildman–Crippen MR) is 72.8 cm³/mol. The summed E-state index contributed by atoms with van der Waals surface area (Å²) in [7, 11) is 0. The normalized spacial score (nSPS) is 19.4. The number of nitro groups is 1. The molecule has 1 heterocycles. The fourth-order valence-electron chi connectivity index (χ4n) is 2.52. The van der Waals surface area contributed by atoms with E-state index in [1.807, 2.05) is 0 Å². The Kier molecular flexibility index (Phi) is 2.96. The highest BCUT2D eigenvalue weighted by atomic mass is 16.6. The Morgan fingerprint density at radius 1 is 1.35 bits per heavy atom. The maximum Gasteiger partial charge on any atom is 0.354 e. The summed E-state index contributed by atoms with van der Waals surface area (Å²) in [5.41, 5.74) is -0.508. The zero-order chi connectivity index (χ0) is 15.3. The van der Waals surface area contributed by atoms with Gasteiger partial charge in [-0.2, -0.15) is 0 Å². The SMILES string of the molecule is CC1(C)C(Nc2nc(C(=O)O)ccc2[N+](=O)[O-])C1(C)C. The molecule has 1 aliphatic carbocycles. The number of carbonyl (C=O) groups is 1. The van der Waals surface area contributed by atoms with Crippen LogP contribution >= 0.6 is 0 Å². The maximum atomic E-state index is 11.0. The van der Waals surface area contributed by atoms with E-state index in [0.717, 1.165) is 6.07 Å². The van der Waals surface area contributed by atoms with E-state index >= 15 is 0 Å². The van der Waals surface area contributed by atoms with E-state index < -0.39 is 10.9 Å². The molecule has 1 saturated carbocycles. The number of nitrogens with zero attached hydrogens (tertiary/aromatic N) is 2. The van der Waals surface area contributed by atoms with Crippen LogP contribution in [0.15, 0.2) is 12.1 Å². The van der Waals surface area contributed by atoms with Gasteiger partial charge >= 0.3 is 11.7 Å². The number of rotatable bonds is 4. The first-order chi connectivity index (χ1) is 9.09. The number of carboxylic acids is 1. The van der Waals surface area contributed by atoms with Crippen LogP contribution in [0.2, 0.25) is 0 Å². The molecule has 0 aliphatic heterocycles. The average molecular weight is 279 g/mol. The van der Waals surface area contributed by atoms with Crippen LogP contribution in [0.5, 0.6) is 0 Å². The van der Waals surface area contributed by atoms with Gasteiger partial charge in [-0.15, -0.1) is 0 Å². The lowest BCUT2D eigenvalue weighted by atomic mass is 10.0. The molecule has 2 N–H and O–H groups in total. The van der Waals surface area contributed by atoms with Crippen LogP contribution in [0.1, 0.15) is 38.2 Å². The standard InChI is InChI=1S/C13H17N3O4/c1-12(2)11(13(12,3)4)15-9-8(16(19)20)6-5-7(14-9)10(17)18/h5-6,11H,1-4H3,(H,14,15)(H,17,18). The molecule has 20 heavy (non-hydrogen) atoms. The van der Waals surface area contributed by atoms with Gasteiger partial charge < -0.3 is 10.4 Å². The van der Waals surface area contributed by atoms with Gasteiger partial charge in [0.15, 0.2) is 5.69 Å². The van der Waals surface area contributed by atoms with Crippen molar-refractivity contribution in [2.24, 2.45) is 10.8 Å². The van der Waals surface area contributed by atoms with Gasteiger partial charge in [0.05, 0.1) is 4.92 Å². The molecular formula is C13H17N3O4. The number of aromatic nitrogens is 1. The maximum absolute atomic E-state index is 11.0. The second kappa shape index (κ2) is 4.16. The van der Waals surface area contributed by atoms with Crippen LogP contribution in [0.3, 0.4) is 0 Å². The van der Waals surface area contributed by atoms with E-state index in [0.29, 0.717) is 0 Å². The molecule has 0 aromatic carbocycles. The van der Waals surface area contributed by atoms with E-state index in [4.69, 9.17) is 5.11 Å². The van der Waals surface area contributed by atoms with Crippen LogP contribution in [0.4, 0.5) is 11.5 Å². The highest BCUT2D eigenvalue weighted by molar-refractivity contribution is 5.86. The molecule has 0 radical (unpaired) electrons. The molecule has 0 unspecified atom stereocenters. The third kappa shape index (κ3) is 1.99. The summed E-state index contributed by atoms with van der Waals surface area (Å²) in [6.45, 7) is 8.21. The number of carboxylic acid groups (broad SMARTS) is 1. The fraction of sp³-hybridized carbons (Fsp3) is 0.538. The first-order valence-electron chi connectivity index (χ1n) is 6.24. The second-order valence-corrected chi connectivity index (χ2v) is 6.15. The van der Waals surface area contributed by atoms with Gasteiger partial charge in [0, 0.05) is 12.1 Å². The van der Waals surface area contributed by atoms with Gasteiger partial charge in [-0.3, -0.25) is 10.1 Å². The Labute approximate surface area is 116 Å². The van der Waals surface area contributed by atoms with Gasteiger partial charge in [-0.1, -0.05) is 27.7 Å². The molecule has 0 amide bonds. The number of hydrogen-bond acceptors (Lipinski definition) is 5. The van der Waals surface area contributed by atoms with Crippen molar-refractivity contribution < 1.29 is 14.8 Å². The monoisotopic (exact) mass is 279 g/mol. The molecule has 0 bridgehead atoms. The minimum Gasteiger partial charge on any atom is -0.477 e.